The van der Waals surface area contributed by atoms with Crippen molar-refractivity contribution in [2.75, 3.05) is 4.90 Å². The highest BCUT2D eigenvalue weighted by atomic mass is 35.5. The Balaban J connectivity index is 1.79. The summed E-state index contributed by atoms with van der Waals surface area (Å²) in [5, 5.41) is 2.58. The smallest absolute Gasteiger partial charge is 0.318 e. The van der Waals surface area contributed by atoms with Gasteiger partial charge in [-0.25, -0.2) is 14.1 Å². The monoisotopic (exact) mass is 485 g/mol. The number of halogens is 3. The highest BCUT2D eigenvalue weighted by Gasteiger charge is 2.37. The lowest BCUT2D eigenvalue weighted by molar-refractivity contribution is -0.122. The van der Waals surface area contributed by atoms with Crippen LogP contribution in [0.15, 0.2) is 48.0 Å². The lowest BCUT2D eigenvalue weighted by Gasteiger charge is -2.27. The van der Waals surface area contributed by atoms with E-state index >= 15 is 0 Å². The second-order valence-corrected chi connectivity index (χ2v) is 8.42. The largest absolute Gasteiger partial charge is 0.335 e. The summed E-state index contributed by atoms with van der Waals surface area (Å²) in [6, 6.07) is 10.1. The average Bonchev–Trinajstić information content (AvgIpc) is 3.03. The molecule has 1 saturated heterocycles. The molecule has 3 aromatic rings. The number of nitrogens with one attached hydrogen (secondary N) is 1. The third-order valence-electron chi connectivity index (χ3n) is 5.51. The first-order valence-corrected chi connectivity index (χ1v) is 10.7. The van der Waals surface area contributed by atoms with Crippen molar-refractivity contribution in [3.63, 3.8) is 0 Å². The number of hydrogen-bond acceptors (Lipinski definition) is 3. The van der Waals surface area contributed by atoms with Crippen molar-refractivity contribution in [3.05, 3.63) is 86.4 Å². The molecule has 33 heavy (non-hydrogen) atoms. The predicted molar refractivity (Wildman–Crippen MR) is 125 cm³/mol. The summed E-state index contributed by atoms with van der Waals surface area (Å²) >= 11 is 12.1. The van der Waals surface area contributed by atoms with Crippen molar-refractivity contribution in [2.45, 2.75) is 20.8 Å². The van der Waals surface area contributed by atoms with Crippen LogP contribution in [-0.2, 0) is 9.59 Å². The number of barbiturate groups is 1. The maximum atomic E-state index is 13.6. The predicted octanol–water partition coefficient (Wildman–Crippen LogP) is 5.51. The van der Waals surface area contributed by atoms with Crippen LogP contribution in [0.4, 0.5) is 14.9 Å². The van der Waals surface area contributed by atoms with Crippen molar-refractivity contribution in [3.8, 4) is 5.69 Å². The number of rotatable bonds is 3. The van der Waals surface area contributed by atoms with Gasteiger partial charge in [0.1, 0.15) is 11.4 Å². The number of hydrogen-bond donors (Lipinski definition) is 1. The second kappa shape index (κ2) is 8.50. The normalized spacial score (nSPS) is 15.4. The van der Waals surface area contributed by atoms with Crippen LogP contribution >= 0.6 is 23.2 Å². The maximum Gasteiger partial charge on any atom is 0.335 e. The fourth-order valence-corrected chi connectivity index (χ4v) is 4.17. The Hall–Kier alpha value is -3.42. The fraction of sp³-hybridized carbons (Fsp3) is 0.125. The van der Waals surface area contributed by atoms with Gasteiger partial charge >= 0.3 is 6.03 Å². The topological polar surface area (TPSA) is 71.4 Å². The summed E-state index contributed by atoms with van der Waals surface area (Å²) in [5.74, 6) is -2.09. The van der Waals surface area contributed by atoms with E-state index in [1.807, 2.05) is 11.5 Å². The summed E-state index contributed by atoms with van der Waals surface area (Å²) in [7, 11) is 0. The van der Waals surface area contributed by atoms with E-state index < -0.39 is 23.7 Å². The number of benzene rings is 2. The van der Waals surface area contributed by atoms with Gasteiger partial charge in [0.05, 0.1) is 10.7 Å². The molecule has 0 atom stereocenters. The first-order chi connectivity index (χ1) is 15.6. The zero-order valence-corrected chi connectivity index (χ0v) is 19.4. The first-order valence-electron chi connectivity index (χ1n) is 9.91. The number of carbonyl (C=O) groups excluding carboxylic acids is 3. The van der Waals surface area contributed by atoms with Crippen LogP contribution < -0.4 is 10.2 Å². The van der Waals surface area contributed by atoms with Gasteiger partial charge in [0.25, 0.3) is 11.8 Å². The summed E-state index contributed by atoms with van der Waals surface area (Å²) in [6.45, 7) is 5.31. The van der Waals surface area contributed by atoms with Crippen molar-refractivity contribution < 1.29 is 18.8 Å². The van der Waals surface area contributed by atoms with Crippen molar-refractivity contribution in [1.82, 2.24) is 9.88 Å². The zero-order valence-electron chi connectivity index (χ0n) is 17.9. The minimum Gasteiger partial charge on any atom is -0.318 e. The molecule has 0 unspecified atom stereocenters. The molecule has 9 heteroatoms. The van der Waals surface area contributed by atoms with Crippen LogP contribution in [0.5, 0.6) is 0 Å². The van der Waals surface area contributed by atoms with Gasteiger partial charge in [-0.1, -0.05) is 29.3 Å². The number of imide groups is 2. The van der Waals surface area contributed by atoms with E-state index in [-0.39, 0.29) is 16.3 Å². The minimum absolute atomic E-state index is 0.0206. The quantitative estimate of drug-likeness (QED) is 0.392. The molecular formula is C24H18Cl2FN3O3. The van der Waals surface area contributed by atoms with Crippen LogP contribution in [0, 0.1) is 26.6 Å². The summed E-state index contributed by atoms with van der Waals surface area (Å²) < 4.78 is 15.4. The average molecular weight is 486 g/mol. The molecule has 1 N–H and O–H groups in total. The number of carbonyl (C=O) groups is 3. The van der Waals surface area contributed by atoms with Crippen LogP contribution in [0.3, 0.4) is 0 Å². The van der Waals surface area contributed by atoms with E-state index in [0.29, 0.717) is 27.5 Å². The van der Waals surface area contributed by atoms with Gasteiger partial charge in [0.2, 0.25) is 0 Å². The molecule has 4 amide bonds. The Morgan fingerprint density at radius 2 is 1.70 bits per heavy atom. The molecule has 168 valence electrons. The Morgan fingerprint density at radius 3 is 2.39 bits per heavy atom. The standard InChI is InChI=1S/C24H18Cl2FN3O3/c1-12-9-15(14(3)29(12)16-7-8-20(27)19(26)11-16)10-17-22(31)28-24(33)30(23(17)32)21-6-4-5-18(25)13(21)2/h4-11H,1-3H3,(H,28,31,33)/b17-10+. The molecule has 2 aromatic carbocycles. The Bertz CT molecular complexity index is 1380. The van der Waals surface area contributed by atoms with Crippen molar-refractivity contribution in [1.29, 1.82) is 0 Å². The SMILES string of the molecule is Cc1c(Cl)cccc1N1C(=O)NC(=O)/C(=C\c2cc(C)n(-c3ccc(F)c(Cl)c3)c2C)C1=O. The van der Waals surface area contributed by atoms with Gasteiger partial charge in [-0.15, -0.1) is 0 Å². The molecule has 1 fully saturated rings. The summed E-state index contributed by atoms with van der Waals surface area (Å²) in [4.78, 5) is 39.2. The number of amides is 4. The molecule has 1 aliphatic rings. The molecule has 0 spiro atoms. The third-order valence-corrected chi connectivity index (χ3v) is 6.21. The van der Waals surface area contributed by atoms with Gasteiger partial charge < -0.3 is 4.57 Å². The van der Waals surface area contributed by atoms with Crippen LogP contribution in [0.2, 0.25) is 10.0 Å². The molecule has 1 aliphatic heterocycles. The van der Waals surface area contributed by atoms with Crippen molar-refractivity contribution in [2.24, 2.45) is 0 Å². The molecule has 0 aliphatic carbocycles. The minimum atomic E-state index is -0.848. The van der Waals surface area contributed by atoms with Gasteiger partial charge in [-0.05, 0) is 74.4 Å². The highest BCUT2D eigenvalue weighted by molar-refractivity contribution is 6.40. The molecule has 0 bridgehead atoms. The van der Waals surface area contributed by atoms with E-state index in [0.717, 1.165) is 10.6 Å². The van der Waals surface area contributed by atoms with Gasteiger partial charge in [-0.3, -0.25) is 14.9 Å². The summed E-state index contributed by atoms with van der Waals surface area (Å²) in [6.07, 6.45) is 1.43. The maximum absolute atomic E-state index is 13.6. The first kappa shape index (κ1) is 22.8. The van der Waals surface area contributed by atoms with E-state index in [1.165, 1.54) is 18.2 Å². The number of anilines is 1. The summed E-state index contributed by atoms with van der Waals surface area (Å²) in [5.41, 5.74) is 3.31. The fourth-order valence-electron chi connectivity index (χ4n) is 3.83. The Morgan fingerprint density at radius 1 is 0.970 bits per heavy atom. The van der Waals surface area contributed by atoms with Crippen LogP contribution in [0.1, 0.15) is 22.5 Å². The zero-order chi connectivity index (χ0) is 24.0. The van der Waals surface area contributed by atoms with E-state index in [4.69, 9.17) is 23.2 Å². The second-order valence-electron chi connectivity index (χ2n) is 7.60. The highest BCUT2D eigenvalue weighted by Crippen LogP contribution is 2.31. The molecule has 1 aromatic heterocycles. The number of urea groups is 1. The molecule has 0 radical (unpaired) electrons. The van der Waals surface area contributed by atoms with Gasteiger partial charge in [-0.2, -0.15) is 0 Å². The van der Waals surface area contributed by atoms with E-state index in [2.05, 4.69) is 5.32 Å². The Kier molecular flexibility index (Phi) is 5.86. The van der Waals surface area contributed by atoms with Gasteiger partial charge in [0, 0.05) is 22.1 Å². The molecule has 2 heterocycles. The van der Waals surface area contributed by atoms with E-state index in [9.17, 15) is 18.8 Å². The van der Waals surface area contributed by atoms with Crippen LogP contribution in [-0.4, -0.2) is 22.4 Å². The number of nitrogens with zero attached hydrogens (tertiary/aromatic N) is 2. The lowest BCUT2D eigenvalue weighted by atomic mass is 10.1. The van der Waals surface area contributed by atoms with E-state index in [1.54, 1.807) is 44.2 Å². The molecular weight excluding hydrogens is 468 g/mol. The number of aryl methyl sites for hydroxylation is 1. The third kappa shape index (κ3) is 3.94. The van der Waals surface area contributed by atoms with Crippen LogP contribution in [0.25, 0.3) is 11.8 Å². The molecule has 6 nitrogen and oxygen atoms in total. The Labute approximate surface area is 199 Å². The molecule has 0 saturated carbocycles. The molecule has 4 rings (SSSR count). The lowest BCUT2D eigenvalue weighted by Crippen LogP contribution is -2.54. The van der Waals surface area contributed by atoms with Gasteiger partial charge in [0.15, 0.2) is 0 Å². The van der Waals surface area contributed by atoms with Crippen molar-refractivity contribution >= 4 is 52.8 Å². The number of aromatic nitrogens is 1.